The highest BCUT2D eigenvalue weighted by Crippen LogP contribution is 2.35. The first kappa shape index (κ1) is 15.5. The van der Waals surface area contributed by atoms with E-state index in [1.54, 1.807) is 11.3 Å². The van der Waals surface area contributed by atoms with Crippen molar-refractivity contribution in [3.05, 3.63) is 34.7 Å². The number of nitrogens with zero attached hydrogens (tertiary/aromatic N) is 5. The Balaban J connectivity index is 1.58. The van der Waals surface area contributed by atoms with Gasteiger partial charge in [-0.3, -0.25) is 9.69 Å². The van der Waals surface area contributed by atoms with Crippen LogP contribution in [0.2, 0.25) is 0 Å². The highest BCUT2D eigenvalue weighted by molar-refractivity contribution is 7.08. The van der Waals surface area contributed by atoms with Gasteiger partial charge in [0.2, 0.25) is 5.91 Å². The molecule has 1 spiro atoms. The summed E-state index contributed by atoms with van der Waals surface area (Å²) in [7, 11) is 2.06. The third-order valence-corrected chi connectivity index (χ3v) is 5.86. The summed E-state index contributed by atoms with van der Waals surface area (Å²) >= 11 is 1.63. The molecule has 2 aliphatic rings. The van der Waals surface area contributed by atoms with Gasteiger partial charge in [-0.15, -0.1) is 5.10 Å². The summed E-state index contributed by atoms with van der Waals surface area (Å²) in [6.45, 7) is 4.95. The lowest BCUT2D eigenvalue weighted by molar-refractivity contribution is -0.123. The molecule has 1 amide bonds. The second kappa shape index (κ2) is 5.82. The molecule has 7 heteroatoms. The van der Waals surface area contributed by atoms with Gasteiger partial charge in [0.05, 0.1) is 23.5 Å². The number of piperazine rings is 1. The van der Waals surface area contributed by atoms with Crippen molar-refractivity contribution in [2.75, 3.05) is 43.0 Å². The minimum absolute atomic E-state index is 0.0254. The van der Waals surface area contributed by atoms with Crippen LogP contribution in [0.4, 0.5) is 11.5 Å². The van der Waals surface area contributed by atoms with Gasteiger partial charge in [-0.25, -0.2) is 0 Å². The van der Waals surface area contributed by atoms with E-state index in [-0.39, 0.29) is 11.4 Å². The Morgan fingerprint density at radius 1 is 1.21 bits per heavy atom. The first-order chi connectivity index (χ1) is 11.6. The first-order valence-corrected chi connectivity index (χ1v) is 9.11. The van der Waals surface area contributed by atoms with E-state index in [4.69, 9.17) is 0 Å². The summed E-state index contributed by atoms with van der Waals surface area (Å²) in [6, 6.07) is 6.06. The number of aromatic nitrogens is 2. The lowest BCUT2D eigenvalue weighted by Crippen LogP contribution is -2.64. The van der Waals surface area contributed by atoms with E-state index in [9.17, 15) is 4.79 Å². The molecule has 0 saturated carbocycles. The van der Waals surface area contributed by atoms with Crippen LogP contribution in [0.15, 0.2) is 29.0 Å². The highest BCUT2D eigenvalue weighted by atomic mass is 32.1. The van der Waals surface area contributed by atoms with Crippen LogP contribution >= 0.6 is 11.3 Å². The smallest absolute Gasteiger partial charge is 0.241 e. The molecular formula is C17H21N5OS. The van der Waals surface area contributed by atoms with Crippen LogP contribution in [0, 0.1) is 6.92 Å². The monoisotopic (exact) mass is 343 g/mol. The molecule has 1 atom stereocenters. The van der Waals surface area contributed by atoms with Crippen molar-refractivity contribution in [2.24, 2.45) is 0 Å². The third kappa shape index (κ3) is 2.57. The number of carbonyl (C=O) groups excluding carboxylic acids is 1. The minimum atomic E-state index is -0.0254. The van der Waals surface area contributed by atoms with Crippen molar-refractivity contribution in [1.29, 1.82) is 0 Å². The zero-order chi connectivity index (χ0) is 16.7. The summed E-state index contributed by atoms with van der Waals surface area (Å²) in [4.78, 5) is 18.9. The molecule has 1 unspecified atom stereocenters. The average molecular weight is 343 g/mol. The SMILES string of the molecule is Cc1ccc(N2CCC3(C2)CN(c2ccsc2)C(=O)CN3C)nn1. The van der Waals surface area contributed by atoms with Gasteiger partial charge in [0.25, 0.3) is 0 Å². The van der Waals surface area contributed by atoms with E-state index in [0.717, 1.165) is 43.3 Å². The fourth-order valence-electron chi connectivity index (χ4n) is 3.66. The molecule has 0 N–H and O–H groups in total. The second-order valence-corrected chi connectivity index (χ2v) is 7.53. The van der Waals surface area contributed by atoms with Gasteiger partial charge >= 0.3 is 0 Å². The highest BCUT2D eigenvalue weighted by Gasteiger charge is 2.48. The molecule has 2 aromatic heterocycles. The van der Waals surface area contributed by atoms with Gasteiger partial charge < -0.3 is 9.80 Å². The van der Waals surface area contributed by atoms with Gasteiger partial charge in [0.1, 0.15) is 0 Å². The average Bonchev–Trinajstić information content (AvgIpc) is 3.23. The van der Waals surface area contributed by atoms with E-state index < -0.39 is 0 Å². The number of aryl methyl sites for hydroxylation is 1. The molecule has 0 aliphatic carbocycles. The number of amides is 1. The zero-order valence-corrected chi connectivity index (χ0v) is 14.8. The molecule has 0 bridgehead atoms. The molecule has 0 aromatic carbocycles. The lowest BCUT2D eigenvalue weighted by atomic mass is 9.93. The molecule has 24 heavy (non-hydrogen) atoms. The van der Waals surface area contributed by atoms with E-state index >= 15 is 0 Å². The number of anilines is 2. The molecule has 0 radical (unpaired) electrons. The van der Waals surface area contributed by atoms with E-state index in [1.165, 1.54) is 0 Å². The van der Waals surface area contributed by atoms with Crippen molar-refractivity contribution in [3.8, 4) is 0 Å². The molecule has 6 nitrogen and oxygen atoms in total. The van der Waals surface area contributed by atoms with E-state index in [1.807, 2.05) is 35.4 Å². The summed E-state index contributed by atoms with van der Waals surface area (Å²) in [6.07, 6.45) is 1.02. The topological polar surface area (TPSA) is 52.6 Å². The number of thiophene rings is 1. The van der Waals surface area contributed by atoms with Crippen LogP contribution in [0.25, 0.3) is 0 Å². The Kier molecular flexibility index (Phi) is 3.77. The number of hydrogen-bond donors (Lipinski definition) is 0. The summed E-state index contributed by atoms with van der Waals surface area (Å²) in [5, 5.41) is 12.6. The molecule has 2 aromatic rings. The van der Waals surface area contributed by atoms with Gasteiger partial charge in [-0.2, -0.15) is 16.4 Å². The third-order valence-electron chi connectivity index (χ3n) is 5.19. The fourth-order valence-corrected chi connectivity index (χ4v) is 4.30. The number of carbonyl (C=O) groups is 1. The summed E-state index contributed by atoms with van der Waals surface area (Å²) < 4.78 is 0. The van der Waals surface area contributed by atoms with Gasteiger partial charge in [-0.05, 0) is 44.0 Å². The van der Waals surface area contributed by atoms with Gasteiger partial charge in [-0.1, -0.05) is 0 Å². The molecule has 2 saturated heterocycles. The predicted molar refractivity (Wildman–Crippen MR) is 95.6 cm³/mol. The van der Waals surface area contributed by atoms with Crippen LogP contribution in [-0.2, 0) is 4.79 Å². The van der Waals surface area contributed by atoms with Crippen LogP contribution in [0.5, 0.6) is 0 Å². The Bertz CT molecular complexity index is 732. The Morgan fingerprint density at radius 3 is 2.79 bits per heavy atom. The summed E-state index contributed by atoms with van der Waals surface area (Å²) in [5.74, 6) is 1.10. The van der Waals surface area contributed by atoms with Crippen molar-refractivity contribution in [1.82, 2.24) is 15.1 Å². The normalized spacial score (nSPS) is 25.0. The predicted octanol–water partition coefficient (Wildman–Crippen LogP) is 1.77. The maximum absolute atomic E-state index is 12.5. The Hall–Kier alpha value is -1.99. The van der Waals surface area contributed by atoms with Crippen molar-refractivity contribution >= 4 is 28.7 Å². The van der Waals surface area contributed by atoms with Crippen LogP contribution in [-0.4, -0.2) is 59.8 Å². The minimum Gasteiger partial charge on any atom is -0.353 e. The van der Waals surface area contributed by atoms with Gasteiger partial charge in [0.15, 0.2) is 5.82 Å². The first-order valence-electron chi connectivity index (χ1n) is 8.16. The van der Waals surface area contributed by atoms with E-state index in [0.29, 0.717) is 6.54 Å². The molecule has 126 valence electrons. The summed E-state index contributed by atoms with van der Waals surface area (Å²) in [5.41, 5.74) is 1.92. The maximum Gasteiger partial charge on any atom is 0.241 e. The van der Waals surface area contributed by atoms with E-state index in [2.05, 4.69) is 32.4 Å². The Labute approximate surface area is 145 Å². The number of rotatable bonds is 2. The van der Waals surface area contributed by atoms with Crippen LogP contribution < -0.4 is 9.80 Å². The molecule has 4 rings (SSSR count). The lowest BCUT2D eigenvalue weighted by Gasteiger charge is -2.46. The van der Waals surface area contributed by atoms with Crippen molar-refractivity contribution in [3.63, 3.8) is 0 Å². The van der Waals surface area contributed by atoms with Crippen LogP contribution in [0.3, 0.4) is 0 Å². The number of hydrogen-bond acceptors (Lipinski definition) is 6. The molecular weight excluding hydrogens is 322 g/mol. The number of likely N-dealkylation sites (N-methyl/N-ethyl adjacent to an activating group) is 1. The second-order valence-electron chi connectivity index (χ2n) is 6.75. The standard InChI is InChI=1S/C17H21N5OS/c1-13-3-4-15(19-18-13)21-7-6-17(11-21)12-22(14-5-8-24-10-14)16(23)9-20(17)2/h3-5,8,10H,6-7,9,11-12H2,1-2H3. The maximum atomic E-state index is 12.5. The Morgan fingerprint density at radius 2 is 2.08 bits per heavy atom. The van der Waals surface area contributed by atoms with Crippen molar-refractivity contribution < 1.29 is 4.79 Å². The largest absolute Gasteiger partial charge is 0.353 e. The van der Waals surface area contributed by atoms with Crippen molar-refractivity contribution in [2.45, 2.75) is 18.9 Å². The molecule has 4 heterocycles. The molecule has 2 fully saturated rings. The van der Waals surface area contributed by atoms with Gasteiger partial charge in [0, 0.05) is 25.0 Å². The van der Waals surface area contributed by atoms with Crippen LogP contribution in [0.1, 0.15) is 12.1 Å². The quantitative estimate of drug-likeness (QED) is 0.832. The molecule has 2 aliphatic heterocycles. The fraction of sp³-hybridized carbons (Fsp3) is 0.471. The zero-order valence-electron chi connectivity index (χ0n) is 14.0.